The maximum Gasteiger partial charge on any atom is 0.166 e. The Morgan fingerprint density at radius 3 is 2.11 bits per heavy atom. The van der Waals surface area contributed by atoms with E-state index >= 15 is 0 Å². The molecule has 0 aromatic heterocycles. The summed E-state index contributed by atoms with van der Waals surface area (Å²) in [5.41, 5.74) is 3.47. The molecule has 0 atom stereocenters. The standard InChI is InChI=1S/C33H36O2/c34-32(31-23-14-21-28-18-10-12-22-30(28)31)25-26-35-33-24-13-11-20-29(33)19-9-4-2-1-3-6-15-27-16-7-5-8-17-27/h5,7-8,10-14,16-18,20-24H,1-4,6,9,15,19,25-26H2. The number of carbonyl (C=O) groups is 1. The van der Waals surface area contributed by atoms with Gasteiger partial charge in [0.15, 0.2) is 5.78 Å². The molecule has 0 unspecified atom stereocenters. The minimum Gasteiger partial charge on any atom is -0.493 e. The molecule has 0 N–H and O–H groups in total. The lowest BCUT2D eigenvalue weighted by atomic mass is 10.00. The highest BCUT2D eigenvalue weighted by Crippen LogP contribution is 2.23. The minimum absolute atomic E-state index is 0.131. The number of carbonyl (C=O) groups excluding carboxylic acids is 1. The van der Waals surface area contributed by atoms with Crippen LogP contribution < -0.4 is 4.74 Å². The highest BCUT2D eigenvalue weighted by Gasteiger charge is 2.11. The monoisotopic (exact) mass is 464 g/mol. The molecule has 0 spiro atoms. The third-order valence-electron chi connectivity index (χ3n) is 6.65. The fourth-order valence-electron chi connectivity index (χ4n) is 4.70. The zero-order valence-corrected chi connectivity index (χ0v) is 20.6. The summed E-state index contributed by atoms with van der Waals surface area (Å²) < 4.78 is 6.07. The van der Waals surface area contributed by atoms with Gasteiger partial charge in [-0.2, -0.15) is 0 Å². The van der Waals surface area contributed by atoms with Crippen LogP contribution in [0.25, 0.3) is 10.8 Å². The number of hydrogen-bond acceptors (Lipinski definition) is 2. The van der Waals surface area contributed by atoms with Gasteiger partial charge in [-0.1, -0.05) is 117 Å². The van der Waals surface area contributed by atoms with Gasteiger partial charge in [0.25, 0.3) is 0 Å². The third kappa shape index (κ3) is 7.55. The van der Waals surface area contributed by atoms with Gasteiger partial charge in [0.1, 0.15) is 5.75 Å². The summed E-state index contributed by atoms with van der Waals surface area (Å²) >= 11 is 0. The molecular weight excluding hydrogens is 428 g/mol. The molecule has 0 bridgehead atoms. The summed E-state index contributed by atoms with van der Waals surface area (Å²) in [5, 5.41) is 2.11. The second kappa shape index (κ2) is 13.5. The van der Waals surface area contributed by atoms with Crippen LogP contribution in [0.3, 0.4) is 0 Å². The molecule has 0 aliphatic rings. The summed E-state index contributed by atoms with van der Waals surface area (Å²) in [7, 11) is 0. The van der Waals surface area contributed by atoms with Gasteiger partial charge in [0.2, 0.25) is 0 Å². The van der Waals surface area contributed by atoms with Crippen LogP contribution in [0.1, 0.15) is 66.4 Å². The number of unbranched alkanes of at least 4 members (excludes halogenated alkanes) is 5. The van der Waals surface area contributed by atoms with E-state index in [1.807, 2.05) is 54.6 Å². The van der Waals surface area contributed by atoms with Crippen molar-refractivity contribution in [3.05, 3.63) is 114 Å². The van der Waals surface area contributed by atoms with Crippen LogP contribution in [0, 0.1) is 0 Å². The molecule has 0 fully saturated rings. The maximum atomic E-state index is 12.9. The molecule has 0 heterocycles. The van der Waals surface area contributed by atoms with Crippen molar-refractivity contribution >= 4 is 16.6 Å². The number of hydrogen-bond donors (Lipinski definition) is 0. The second-order valence-electron chi connectivity index (χ2n) is 9.26. The van der Waals surface area contributed by atoms with Gasteiger partial charge >= 0.3 is 0 Å². The van der Waals surface area contributed by atoms with Crippen LogP contribution in [0.5, 0.6) is 5.75 Å². The van der Waals surface area contributed by atoms with Gasteiger partial charge in [-0.15, -0.1) is 0 Å². The van der Waals surface area contributed by atoms with Crippen molar-refractivity contribution in [2.45, 2.75) is 57.8 Å². The Hall–Kier alpha value is -3.39. The van der Waals surface area contributed by atoms with E-state index in [9.17, 15) is 4.79 Å². The van der Waals surface area contributed by atoms with E-state index in [1.54, 1.807) is 0 Å². The normalized spacial score (nSPS) is 11.0. The van der Waals surface area contributed by atoms with Crippen LogP contribution >= 0.6 is 0 Å². The van der Waals surface area contributed by atoms with E-state index in [-0.39, 0.29) is 5.78 Å². The van der Waals surface area contributed by atoms with E-state index in [2.05, 4.69) is 42.5 Å². The number of fused-ring (bicyclic) bond motifs is 1. The Morgan fingerprint density at radius 2 is 1.26 bits per heavy atom. The van der Waals surface area contributed by atoms with E-state index in [4.69, 9.17) is 4.74 Å². The molecular formula is C33H36O2. The maximum absolute atomic E-state index is 12.9. The second-order valence-corrected chi connectivity index (χ2v) is 9.26. The van der Waals surface area contributed by atoms with E-state index < -0.39 is 0 Å². The fourth-order valence-corrected chi connectivity index (χ4v) is 4.70. The first kappa shape index (κ1) is 24.7. The van der Waals surface area contributed by atoms with E-state index in [1.165, 1.54) is 56.1 Å². The molecule has 0 amide bonds. The Labute approximate surface area is 210 Å². The number of rotatable bonds is 14. The van der Waals surface area contributed by atoms with Crippen molar-refractivity contribution in [1.82, 2.24) is 0 Å². The average molecular weight is 465 g/mol. The summed E-state index contributed by atoms with van der Waals surface area (Å²) in [5.74, 6) is 1.05. The number of ketones is 1. The molecule has 0 radical (unpaired) electrons. The Kier molecular flexibility index (Phi) is 9.53. The van der Waals surface area contributed by atoms with Crippen LogP contribution in [0.2, 0.25) is 0 Å². The topological polar surface area (TPSA) is 26.3 Å². The van der Waals surface area contributed by atoms with Crippen molar-refractivity contribution in [2.24, 2.45) is 0 Å². The highest BCUT2D eigenvalue weighted by molar-refractivity contribution is 6.08. The summed E-state index contributed by atoms with van der Waals surface area (Å²) in [4.78, 5) is 12.9. The van der Waals surface area contributed by atoms with E-state index in [0.717, 1.165) is 28.5 Å². The molecule has 180 valence electrons. The molecule has 2 nitrogen and oxygen atoms in total. The van der Waals surface area contributed by atoms with Crippen molar-refractivity contribution in [2.75, 3.05) is 6.61 Å². The molecule has 2 heteroatoms. The first-order valence-corrected chi connectivity index (χ1v) is 13.1. The SMILES string of the molecule is O=C(CCOc1ccccc1CCCCCCCCc1ccccc1)c1cccc2ccccc12. The average Bonchev–Trinajstić information content (AvgIpc) is 2.91. The number of ether oxygens (including phenoxy) is 1. The first-order valence-electron chi connectivity index (χ1n) is 13.1. The first-order chi connectivity index (χ1) is 17.3. The van der Waals surface area contributed by atoms with Gasteiger partial charge in [-0.05, 0) is 53.6 Å². The summed E-state index contributed by atoms with van der Waals surface area (Å²) in [6, 6.07) is 33.0. The Morgan fingerprint density at radius 1 is 0.600 bits per heavy atom. The van der Waals surface area contributed by atoms with Crippen molar-refractivity contribution in [3.8, 4) is 5.75 Å². The minimum atomic E-state index is 0.131. The smallest absolute Gasteiger partial charge is 0.166 e. The Balaban J connectivity index is 1.16. The van der Waals surface area contributed by atoms with Gasteiger partial charge in [0.05, 0.1) is 6.61 Å². The Bertz CT molecular complexity index is 1190. The zero-order valence-electron chi connectivity index (χ0n) is 20.6. The van der Waals surface area contributed by atoms with Gasteiger partial charge in [0, 0.05) is 12.0 Å². The number of benzene rings is 4. The van der Waals surface area contributed by atoms with Crippen molar-refractivity contribution < 1.29 is 9.53 Å². The summed E-state index contributed by atoms with van der Waals surface area (Å²) in [6.07, 6.45) is 10.2. The molecule has 0 saturated carbocycles. The lowest BCUT2D eigenvalue weighted by Crippen LogP contribution is -2.08. The predicted octanol–water partition coefficient (Wildman–Crippen LogP) is 8.62. The largest absolute Gasteiger partial charge is 0.493 e. The molecule has 0 aliphatic carbocycles. The summed E-state index contributed by atoms with van der Waals surface area (Å²) in [6.45, 7) is 0.403. The molecule has 4 rings (SSSR count). The van der Waals surface area contributed by atoms with Crippen molar-refractivity contribution in [1.29, 1.82) is 0 Å². The molecule has 35 heavy (non-hydrogen) atoms. The fraction of sp³-hybridized carbons (Fsp3) is 0.303. The molecule has 0 aliphatic heterocycles. The van der Waals surface area contributed by atoms with Crippen LogP contribution in [-0.2, 0) is 12.8 Å². The third-order valence-corrected chi connectivity index (χ3v) is 6.65. The van der Waals surface area contributed by atoms with Crippen LogP contribution in [0.4, 0.5) is 0 Å². The quantitative estimate of drug-likeness (QED) is 0.138. The predicted molar refractivity (Wildman–Crippen MR) is 146 cm³/mol. The number of Topliss-reactive ketones (excluding diaryl/α,β-unsaturated/α-hetero) is 1. The lowest BCUT2D eigenvalue weighted by molar-refractivity contribution is 0.0963. The lowest BCUT2D eigenvalue weighted by Gasteiger charge is -2.12. The number of para-hydroxylation sites is 1. The molecule has 0 saturated heterocycles. The van der Waals surface area contributed by atoms with Gasteiger partial charge in [-0.3, -0.25) is 4.79 Å². The number of aryl methyl sites for hydroxylation is 2. The van der Waals surface area contributed by atoms with Crippen LogP contribution in [-0.4, -0.2) is 12.4 Å². The molecule has 4 aromatic carbocycles. The van der Waals surface area contributed by atoms with Gasteiger partial charge in [-0.25, -0.2) is 0 Å². The highest BCUT2D eigenvalue weighted by atomic mass is 16.5. The van der Waals surface area contributed by atoms with Gasteiger partial charge < -0.3 is 4.74 Å². The van der Waals surface area contributed by atoms with E-state index in [0.29, 0.717) is 13.0 Å². The zero-order chi connectivity index (χ0) is 24.1. The van der Waals surface area contributed by atoms with Crippen LogP contribution in [0.15, 0.2) is 97.1 Å². The molecule has 4 aromatic rings. The van der Waals surface area contributed by atoms with Crippen molar-refractivity contribution in [3.63, 3.8) is 0 Å².